The predicted molar refractivity (Wildman–Crippen MR) is 78.4 cm³/mol. The minimum atomic E-state index is -0.432. The molecule has 3 amide bonds. The van der Waals surface area contributed by atoms with E-state index in [1.165, 1.54) is 12.1 Å². The SMILES string of the molecule is CCN(CC)C(=O)NCCNC(=O)c1cc(O)cc(O)c1. The molecule has 0 saturated heterocycles. The van der Waals surface area contributed by atoms with Gasteiger partial charge >= 0.3 is 6.03 Å². The summed E-state index contributed by atoms with van der Waals surface area (Å²) >= 11 is 0. The summed E-state index contributed by atoms with van der Waals surface area (Å²) in [6, 6.07) is 3.47. The van der Waals surface area contributed by atoms with Crippen molar-refractivity contribution in [3.05, 3.63) is 23.8 Å². The second kappa shape index (κ2) is 7.98. The Morgan fingerprint density at radius 2 is 1.52 bits per heavy atom. The normalized spacial score (nSPS) is 10.0. The maximum atomic E-state index is 11.8. The number of carbonyl (C=O) groups excluding carboxylic acids is 2. The maximum Gasteiger partial charge on any atom is 0.317 e. The zero-order chi connectivity index (χ0) is 15.8. The fourth-order valence-electron chi connectivity index (χ4n) is 1.80. The van der Waals surface area contributed by atoms with Crippen molar-refractivity contribution in [1.82, 2.24) is 15.5 Å². The van der Waals surface area contributed by atoms with Gasteiger partial charge in [0, 0.05) is 37.8 Å². The molecule has 0 aliphatic heterocycles. The number of rotatable bonds is 6. The lowest BCUT2D eigenvalue weighted by atomic mass is 10.2. The molecule has 0 aromatic heterocycles. The maximum absolute atomic E-state index is 11.8. The molecule has 116 valence electrons. The fraction of sp³-hybridized carbons (Fsp3) is 0.429. The quantitative estimate of drug-likeness (QED) is 0.585. The Morgan fingerprint density at radius 3 is 2.05 bits per heavy atom. The molecule has 4 N–H and O–H groups in total. The van der Waals surface area contributed by atoms with Crippen LogP contribution in [0.2, 0.25) is 0 Å². The Balaban J connectivity index is 2.39. The van der Waals surface area contributed by atoms with E-state index >= 15 is 0 Å². The van der Waals surface area contributed by atoms with Crippen LogP contribution in [0.5, 0.6) is 11.5 Å². The van der Waals surface area contributed by atoms with Gasteiger partial charge < -0.3 is 25.7 Å². The van der Waals surface area contributed by atoms with Crippen LogP contribution in [0.3, 0.4) is 0 Å². The molecular formula is C14H21N3O4. The van der Waals surface area contributed by atoms with E-state index in [0.29, 0.717) is 19.6 Å². The molecule has 0 aliphatic rings. The van der Waals surface area contributed by atoms with Crippen LogP contribution in [-0.4, -0.2) is 53.2 Å². The third-order valence-electron chi connectivity index (χ3n) is 2.90. The summed E-state index contributed by atoms with van der Waals surface area (Å²) < 4.78 is 0. The number of amides is 3. The van der Waals surface area contributed by atoms with Gasteiger partial charge in [0.05, 0.1) is 0 Å². The molecule has 0 spiro atoms. The number of nitrogens with one attached hydrogen (secondary N) is 2. The van der Waals surface area contributed by atoms with Gasteiger partial charge in [0.2, 0.25) is 0 Å². The first-order valence-electron chi connectivity index (χ1n) is 6.81. The van der Waals surface area contributed by atoms with Gasteiger partial charge in [0.1, 0.15) is 11.5 Å². The summed E-state index contributed by atoms with van der Waals surface area (Å²) in [6.45, 7) is 5.57. The number of hydrogen-bond donors (Lipinski definition) is 4. The van der Waals surface area contributed by atoms with Gasteiger partial charge in [-0.3, -0.25) is 4.79 Å². The van der Waals surface area contributed by atoms with Crippen molar-refractivity contribution in [2.75, 3.05) is 26.2 Å². The molecule has 1 aromatic carbocycles. The molecular weight excluding hydrogens is 274 g/mol. The minimum Gasteiger partial charge on any atom is -0.508 e. The molecule has 1 aromatic rings. The van der Waals surface area contributed by atoms with Crippen LogP contribution in [0.25, 0.3) is 0 Å². The van der Waals surface area contributed by atoms with Crippen LogP contribution in [0, 0.1) is 0 Å². The number of phenolic OH excluding ortho intramolecular Hbond substituents is 2. The second-order valence-electron chi connectivity index (χ2n) is 4.40. The van der Waals surface area contributed by atoms with E-state index in [0.717, 1.165) is 6.07 Å². The van der Waals surface area contributed by atoms with E-state index in [-0.39, 0.29) is 29.6 Å². The average Bonchev–Trinajstić information content (AvgIpc) is 2.43. The minimum absolute atomic E-state index is 0.155. The Kier molecular flexibility index (Phi) is 6.32. The smallest absolute Gasteiger partial charge is 0.317 e. The number of aromatic hydroxyl groups is 2. The van der Waals surface area contributed by atoms with Crippen LogP contribution in [-0.2, 0) is 0 Å². The van der Waals surface area contributed by atoms with Crippen LogP contribution >= 0.6 is 0 Å². The first-order valence-corrected chi connectivity index (χ1v) is 6.81. The first-order chi connectivity index (χ1) is 9.97. The molecule has 0 fully saturated rings. The van der Waals surface area contributed by atoms with Gasteiger partial charge in [-0.05, 0) is 26.0 Å². The topological polar surface area (TPSA) is 102 Å². The third-order valence-corrected chi connectivity index (χ3v) is 2.90. The Labute approximate surface area is 123 Å². The summed E-state index contributed by atoms with van der Waals surface area (Å²) in [7, 11) is 0. The lowest BCUT2D eigenvalue weighted by molar-refractivity contribution is 0.0952. The predicted octanol–water partition coefficient (Wildman–Crippen LogP) is 0.879. The molecule has 0 saturated carbocycles. The third kappa shape index (κ3) is 5.21. The molecule has 1 rings (SSSR count). The highest BCUT2D eigenvalue weighted by molar-refractivity contribution is 5.95. The van der Waals surface area contributed by atoms with Crippen molar-refractivity contribution >= 4 is 11.9 Å². The van der Waals surface area contributed by atoms with Gasteiger partial charge in [-0.1, -0.05) is 0 Å². The van der Waals surface area contributed by atoms with Crippen molar-refractivity contribution in [3.8, 4) is 11.5 Å². The van der Waals surface area contributed by atoms with Crippen LogP contribution in [0.1, 0.15) is 24.2 Å². The number of carbonyl (C=O) groups is 2. The first kappa shape index (κ1) is 16.6. The zero-order valence-corrected chi connectivity index (χ0v) is 12.2. The Bertz CT molecular complexity index is 481. The van der Waals surface area contributed by atoms with Crippen molar-refractivity contribution in [3.63, 3.8) is 0 Å². The van der Waals surface area contributed by atoms with Gasteiger partial charge in [-0.2, -0.15) is 0 Å². The molecule has 0 bridgehead atoms. The monoisotopic (exact) mass is 295 g/mol. The molecule has 0 aliphatic carbocycles. The summed E-state index contributed by atoms with van der Waals surface area (Å²) in [6.07, 6.45) is 0. The van der Waals surface area contributed by atoms with Crippen LogP contribution in [0.4, 0.5) is 4.79 Å². The second-order valence-corrected chi connectivity index (χ2v) is 4.40. The molecule has 7 heteroatoms. The largest absolute Gasteiger partial charge is 0.508 e. The van der Waals surface area contributed by atoms with Crippen molar-refractivity contribution in [2.45, 2.75) is 13.8 Å². The molecule has 0 heterocycles. The van der Waals surface area contributed by atoms with Crippen molar-refractivity contribution < 1.29 is 19.8 Å². The summed E-state index contributed by atoms with van der Waals surface area (Å²) in [5.74, 6) is -0.803. The van der Waals surface area contributed by atoms with Gasteiger partial charge in [0.25, 0.3) is 5.91 Å². The molecule has 0 radical (unpaired) electrons. The van der Waals surface area contributed by atoms with Crippen molar-refractivity contribution in [1.29, 1.82) is 0 Å². The number of nitrogens with zero attached hydrogens (tertiary/aromatic N) is 1. The number of hydrogen-bond acceptors (Lipinski definition) is 4. The number of phenols is 2. The van der Waals surface area contributed by atoms with Gasteiger partial charge in [0.15, 0.2) is 0 Å². The lowest BCUT2D eigenvalue weighted by Gasteiger charge is -2.19. The van der Waals surface area contributed by atoms with E-state index in [9.17, 15) is 19.8 Å². The van der Waals surface area contributed by atoms with E-state index in [4.69, 9.17) is 0 Å². The Hall–Kier alpha value is -2.44. The highest BCUT2D eigenvalue weighted by Gasteiger charge is 2.10. The summed E-state index contributed by atoms with van der Waals surface area (Å²) in [4.78, 5) is 25.1. The standard InChI is InChI=1S/C14H21N3O4/c1-3-17(4-2)14(21)16-6-5-15-13(20)10-7-11(18)9-12(19)8-10/h7-9,18-19H,3-6H2,1-2H3,(H,15,20)(H,16,21). The fourth-order valence-corrected chi connectivity index (χ4v) is 1.80. The zero-order valence-electron chi connectivity index (χ0n) is 12.2. The Morgan fingerprint density at radius 1 is 1.00 bits per heavy atom. The van der Waals surface area contributed by atoms with Gasteiger partial charge in [-0.15, -0.1) is 0 Å². The van der Waals surface area contributed by atoms with E-state index in [2.05, 4.69) is 10.6 Å². The highest BCUT2D eigenvalue weighted by atomic mass is 16.3. The molecule has 21 heavy (non-hydrogen) atoms. The average molecular weight is 295 g/mol. The molecule has 7 nitrogen and oxygen atoms in total. The molecule has 0 unspecified atom stereocenters. The van der Waals surface area contributed by atoms with E-state index in [1.807, 2.05) is 13.8 Å². The van der Waals surface area contributed by atoms with Crippen LogP contribution < -0.4 is 10.6 Å². The van der Waals surface area contributed by atoms with Crippen LogP contribution in [0.15, 0.2) is 18.2 Å². The number of benzene rings is 1. The van der Waals surface area contributed by atoms with E-state index in [1.54, 1.807) is 4.90 Å². The van der Waals surface area contributed by atoms with Gasteiger partial charge in [-0.25, -0.2) is 4.79 Å². The highest BCUT2D eigenvalue weighted by Crippen LogP contribution is 2.20. The lowest BCUT2D eigenvalue weighted by Crippen LogP contribution is -2.42. The summed E-state index contributed by atoms with van der Waals surface area (Å²) in [5, 5.41) is 23.9. The van der Waals surface area contributed by atoms with Crippen molar-refractivity contribution in [2.24, 2.45) is 0 Å². The van der Waals surface area contributed by atoms with E-state index < -0.39 is 5.91 Å². The molecule has 0 atom stereocenters. The summed E-state index contributed by atoms with van der Waals surface area (Å²) in [5.41, 5.74) is 0.155. The number of urea groups is 1.